The average Bonchev–Trinajstić information content (AvgIpc) is 2.06. The summed E-state index contributed by atoms with van der Waals surface area (Å²) in [6.07, 6.45) is -0.839. The molecule has 0 aliphatic heterocycles. The van der Waals surface area contributed by atoms with Crippen molar-refractivity contribution in [2.24, 2.45) is 5.73 Å². The molecule has 6 nitrogen and oxygen atoms in total. The Morgan fingerprint density at radius 2 is 2.00 bits per heavy atom. The van der Waals surface area contributed by atoms with Crippen LogP contribution >= 0.6 is 7.82 Å². The molecule has 5 N–H and O–H groups in total. The van der Waals surface area contributed by atoms with Crippen LogP contribution in [0.15, 0.2) is 0 Å². The summed E-state index contributed by atoms with van der Waals surface area (Å²) in [4.78, 5) is 16.9. The van der Waals surface area contributed by atoms with Crippen molar-refractivity contribution in [3.05, 3.63) is 0 Å². The maximum Gasteiger partial charge on any atom is 0.469 e. The van der Waals surface area contributed by atoms with E-state index in [1.165, 1.54) is 0 Å². The number of phosphoric acid groups is 1. The molecular weight excluding hydrogens is 185 g/mol. The largest absolute Gasteiger partial charge is 0.469 e. The first-order valence-corrected chi connectivity index (χ1v) is 5.09. The Morgan fingerprint density at radius 3 is 2.33 bits per heavy atom. The van der Waals surface area contributed by atoms with Gasteiger partial charge in [0, 0.05) is 12.5 Å². The summed E-state index contributed by atoms with van der Waals surface area (Å²) in [7, 11) is -4.47. The molecule has 0 heterocycles. The van der Waals surface area contributed by atoms with Crippen molar-refractivity contribution < 1.29 is 24.0 Å². The zero-order valence-corrected chi connectivity index (χ0v) is 7.22. The fourth-order valence-corrected chi connectivity index (χ4v) is 1.90. The van der Waals surface area contributed by atoms with Gasteiger partial charge in [-0.1, -0.05) is 0 Å². The second-order valence-electron chi connectivity index (χ2n) is 2.92. The highest BCUT2D eigenvalue weighted by Gasteiger charge is 2.35. The van der Waals surface area contributed by atoms with Crippen LogP contribution in [0, 0.1) is 0 Å². The second-order valence-corrected chi connectivity index (χ2v) is 4.12. The number of phosphoric ester groups is 1. The third-order valence-corrected chi connectivity index (χ3v) is 2.34. The predicted octanol–water partition coefficient (Wildman–Crippen LogP) is -1.05. The van der Waals surface area contributed by atoms with Gasteiger partial charge in [0.2, 0.25) is 0 Å². The first kappa shape index (κ1) is 10.1. The smallest absolute Gasteiger partial charge is 0.393 e. The van der Waals surface area contributed by atoms with Crippen LogP contribution in [0.25, 0.3) is 0 Å². The van der Waals surface area contributed by atoms with Crippen molar-refractivity contribution in [1.82, 2.24) is 0 Å². The first-order chi connectivity index (χ1) is 5.38. The summed E-state index contributed by atoms with van der Waals surface area (Å²) >= 11 is 0. The van der Waals surface area contributed by atoms with E-state index < -0.39 is 26.1 Å². The number of nitrogens with two attached hydrogens (primary N) is 1. The minimum atomic E-state index is -4.47. The predicted molar refractivity (Wildman–Crippen MR) is 40.1 cm³/mol. The van der Waals surface area contributed by atoms with E-state index in [9.17, 15) is 4.57 Å². The van der Waals surface area contributed by atoms with E-state index in [4.69, 9.17) is 20.6 Å². The van der Waals surface area contributed by atoms with Crippen molar-refractivity contribution in [3.63, 3.8) is 0 Å². The Labute approximate surface area is 69.6 Å². The first-order valence-electron chi connectivity index (χ1n) is 3.56. The molecule has 0 amide bonds. The van der Waals surface area contributed by atoms with Crippen molar-refractivity contribution in [2.75, 3.05) is 0 Å². The summed E-state index contributed by atoms with van der Waals surface area (Å²) in [5.74, 6) is 0. The van der Waals surface area contributed by atoms with E-state index in [0.29, 0.717) is 6.42 Å². The van der Waals surface area contributed by atoms with Crippen LogP contribution in [-0.4, -0.2) is 33.1 Å². The van der Waals surface area contributed by atoms with E-state index in [0.717, 1.165) is 0 Å². The average molecular weight is 197 g/mol. The summed E-state index contributed by atoms with van der Waals surface area (Å²) in [6.45, 7) is 0. The van der Waals surface area contributed by atoms with Crippen LogP contribution < -0.4 is 5.73 Å². The lowest BCUT2D eigenvalue weighted by atomic mass is 10.2. The zero-order valence-electron chi connectivity index (χ0n) is 6.33. The van der Waals surface area contributed by atoms with E-state index in [1.54, 1.807) is 0 Å². The summed E-state index contributed by atoms with van der Waals surface area (Å²) in [6, 6.07) is -0.493. The molecular formula is C5H12NO5P. The molecule has 12 heavy (non-hydrogen) atoms. The zero-order chi connectivity index (χ0) is 9.35. The van der Waals surface area contributed by atoms with Crippen molar-refractivity contribution in [3.8, 4) is 0 Å². The van der Waals surface area contributed by atoms with Gasteiger partial charge < -0.3 is 20.6 Å². The van der Waals surface area contributed by atoms with E-state index in [-0.39, 0.29) is 6.42 Å². The van der Waals surface area contributed by atoms with Gasteiger partial charge >= 0.3 is 7.82 Å². The minimum Gasteiger partial charge on any atom is -0.393 e. The van der Waals surface area contributed by atoms with Crippen LogP contribution in [-0.2, 0) is 9.09 Å². The lowest BCUT2D eigenvalue weighted by Gasteiger charge is -2.15. The topological polar surface area (TPSA) is 113 Å². The molecule has 0 radical (unpaired) electrons. The molecule has 3 unspecified atom stereocenters. The number of rotatable bonds is 2. The highest BCUT2D eigenvalue weighted by molar-refractivity contribution is 7.46. The molecule has 7 heteroatoms. The molecule has 3 atom stereocenters. The van der Waals surface area contributed by atoms with E-state index in [1.807, 2.05) is 0 Å². The van der Waals surface area contributed by atoms with Crippen LogP contribution in [0.5, 0.6) is 0 Å². The van der Waals surface area contributed by atoms with Gasteiger partial charge in [0.25, 0.3) is 0 Å². The standard InChI is InChI=1S/C5H12NO5P/c6-4-1-3(7)2-5(4)11-12(8,9)10/h3-5,7H,1-2,6H2,(H2,8,9,10). The number of hydrogen-bond donors (Lipinski definition) is 4. The van der Waals surface area contributed by atoms with Crippen molar-refractivity contribution in [2.45, 2.75) is 31.1 Å². The Kier molecular flexibility index (Phi) is 2.88. The molecule has 0 aromatic heterocycles. The van der Waals surface area contributed by atoms with Crippen molar-refractivity contribution in [1.29, 1.82) is 0 Å². The Hall–Kier alpha value is 0.0300. The molecule has 1 aliphatic carbocycles. The molecule has 0 aromatic carbocycles. The Balaban J connectivity index is 2.49. The van der Waals surface area contributed by atoms with Crippen LogP contribution in [0.3, 0.4) is 0 Å². The fourth-order valence-electron chi connectivity index (χ4n) is 1.30. The van der Waals surface area contributed by atoms with Gasteiger partial charge in [-0.15, -0.1) is 0 Å². The molecule has 0 saturated heterocycles. The minimum absolute atomic E-state index is 0.187. The molecule has 1 aliphatic rings. The number of aliphatic hydroxyl groups is 1. The summed E-state index contributed by atoms with van der Waals surface area (Å²) < 4.78 is 14.7. The lowest BCUT2D eigenvalue weighted by Crippen LogP contribution is -2.30. The Bertz CT molecular complexity index is 204. The van der Waals surface area contributed by atoms with Gasteiger partial charge in [-0.05, 0) is 6.42 Å². The van der Waals surface area contributed by atoms with E-state index >= 15 is 0 Å². The summed E-state index contributed by atoms with van der Waals surface area (Å²) in [5, 5.41) is 9.05. The van der Waals surface area contributed by atoms with E-state index in [2.05, 4.69) is 4.52 Å². The maximum atomic E-state index is 10.4. The molecule has 0 aromatic rings. The molecule has 72 valence electrons. The van der Waals surface area contributed by atoms with Gasteiger partial charge in [0.15, 0.2) is 0 Å². The molecule has 1 fully saturated rings. The lowest BCUT2D eigenvalue weighted by molar-refractivity contribution is 0.111. The quantitative estimate of drug-likeness (QED) is 0.420. The van der Waals surface area contributed by atoms with Gasteiger partial charge in [-0.3, -0.25) is 4.52 Å². The highest BCUT2D eigenvalue weighted by atomic mass is 31.2. The highest BCUT2D eigenvalue weighted by Crippen LogP contribution is 2.41. The monoisotopic (exact) mass is 197 g/mol. The van der Waals surface area contributed by atoms with Gasteiger partial charge in [-0.25, -0.2) is 4.57 Å². The van der Waals surface area contributed by atoms with Gasteiger partial charge in [-0.2, -0.15) is 0 Å². The third kappa shape index (κ3) is 2.82. The number of aliphatic hydroxyl groups excluding tert-OH is 1. The Morgan fingerprint density at radius 1 is 1.42 bits per heavy atom. The maximum absolute atomic E-state index is 10.4. The molecule has 1 rings (SSSR count). The van der Waals surface area contributed by atoms with Gasteiger partial charge in [0.1, 0.15) is 0 Å². The van der Waals surface area contributed by atoms with Gasteiger partial charge in [0.05, 0.1) is 12.2 Å². The number of hydrogen-bond acceptors (Lipinski definition) is 4. The van der Waals surface area contributed by atoms with Crippen LogP contribution in [0.2, 0.25) is 0 Å². The van der Waals surface area contributed by atoms with Crippen LogP contribution in [0.1, 0.15) is 12.8 Å². The third-order valence-electron chi connectivity index (χ3n) is 1.80. The molecule has 1 saturated carbocycles. The summed E-state index contributed by atoms with van der Waals surface area (Å²) in [5.41, 5.74) is 5.45. The molecule has 0 spiro atoms. The second kappa shape index (κ2) is 3.41. The normalized spacial score (nSPS) is 37.2. The molecule has 0 bridgehead atoms. The van der Waals surface area contributed by atoms with Crippen LogP contribution in [0.4, 0.5) is 0 Å². The fraction of sp³-hybridized carbons (Fsp3) is 1.00. The van der Waals surface area contributed by atoms with Crippen molar-refractivity contribution >= 4 is 7.82 Å². The SMILES string of the molecule is NC1CC(O)CC1OP(=O)(O)O.